The van der Waals surface area contributed by atoms with Crippen LogP contribution in [0.5, 0.6) is 0 Å². The summed E-state index contributed by atoms with van der Waals surface area (Å²) in [6, 6.07) is 0. The van der Waals surface area contributed by atoms with Crippen LogP contribution in [0.3, 0.4) is 0 Å². The Labute approximate surface area is 138 Å². The van der Waals surface area contributed by atoms with Gasteiger partial charge in [-0.25, -0.2) is 4.79 Å². The number of rotatable bonds is 1. The maximum Gasteiger partial charge on any atom is 0.404 e. The molecule has 0 aromatic rings. The predicted molar refractivity (Wildman–Crippen MR) is 80.1 cm³/mol. The van der Waals surface area contributed by atoms with Crippen LogP contribution < -0.4 is 5.73 Å². The summed E-state index contributed by atoms with van der Waals surface area (Å²) in [7, 11) is 1.22. The lowest BCUT2D eigenvalue weighted by Crippen LogP contribution is -2.33. The number of nitrogens with zero attached hydrogens (tertiary/aromatic N) is 1. The maximum absolute atomic E-state index is 12.4. The van der Waals surface area contributed by atoms with Crippen molar-refractivity contribution in [1.82, 2.24) is 4.90 Å². The average Bonchev–Trinajstić information content (AvgIpc) is 2.87. The lowest BCUT2D eigenvalue weighted by molar-refractivity contribution is -0.171. The standard InChI is InChI=1S/C11H18F3NO.C2H5NO2.CH2O2/c1-10(2,3)6-9(16)15-5-4-8(7-15)11(12,13)14;1-5-2(3)4;2-1-3/h8H,4-7H2,1-3H3;1H3,(H2,3,4);1H,(H,2,3). The molecule has 0 radical (unpaired) electrons. The summed E-state index contributed by atoms with van der Waals surface area (Å²) >= 11 is 0. The smallest absolute Gasteiger partial charge is 0.404 e. The molecule has 0 bridgehead atoms. The molecule has 7 nitrogen and oxygen atoms in total. The molecule has 1 atom stereocenters. The number of ether oxygens (including phenoxy) is 1. The Hall–Kier alpha value is -2.00. The van der Waals surface area contributed by atoms with E-state index in [-0.39, 0.29) is 37.3 Å². The first-order valence-electron chi connectivity index (χ1n) is 7.04. The van der Waals surface area contributed by atoms with Gasteiger partial charge in [0.1, 0.15) is 0 Å². The maximum atomic E-state index is 12.4. The van der Waals surface area contributed by atoms with Gasteiger partial charge in [-0.15, -0.1) is 0 Å². The SMILES string of the molecule is CC(C)(C)CC(=O)N1CCC(C(F)(F)F)C1.COC(N)=O.O=CO. The molecule has 1 unspecified atom stereocenters. The molecule has 1 fully saturated rings. The number of halogens is 3. The van der Waals surface area contributed by atoms with Gasteiger partial charge in [0.25, 0.3) is 6.47 Å². The highest BCUT2D eigenvalue weighted by Gasteiger charge is 2.44. The van der Waals surface area contributed by atoms with Gasteiger partial charge in [-0.1, -0.05) is 20.8 Å². The van der Waals surface area contributed by atoms with Crippen LogP contribution in [0, 0.1) is 11.3 Å². The van der Waals surface area contributed by atoms with Gasteiger partial charge < -0.3 is 20.5 Å². The molecule has 1 aliphatic rings. The Morgan fingerprint density at radius 2 is 1.75 bits per heavy atom. The van der Waals surface area contributed by atoms with Crippen LogP contribution in [-0.2, 0) is 14.3 Å². The second-order valence-electron chi connectivity index (χ2n) is 6.23. The van der Waals surface area contributed by atoms with Crippen molar-refractivity contribution in [2.75, 3.05) is 20.2 Å². The fourth-order valence-corrected chi connectivity index (χ4v) is 1.82. The third-order valence-corrected chi connectivity index (χ3v) is 2.89. The van der Waals surface area contributed by atoms with Crippen molar-refractivity contribution < 1.29 is 37.4 Å². The van der Waals surface area contributed by atoms with Gasteiger partial charge in [0.2, 0.25) is 5.91 Å². The number of carboxylic acid groups (broad SMARTS) is 1. The van der Waals surface area contributed by atoms with Crippen LogP contribution in [0.15, 0.2) is 0 Å². The molecule has 0 saturated carbocycles. The van der Waals surface area contributed by atoms with Gasteiger partial charge in [-0.2, -0.15) is 13.2 Å². The largest absolute Gasteiger partial charge is 0.483 e. The number of methoxy groups -OCH3 is 1. The van der Waals surface area contributed by atoms with Crippen molar-refractivity contribution in [1.29, 1.82) is 0 Å². The summed E-state index contributed by atoms with van der Waals surface area (Å²) in [5.74, 6) is -1.50. The number of carbonyl (C=O) groups excluding carboxylic acids is 2. The normalized spacial score (nSPS) is 17.0. The second kappa shape index (κ2) is 10.7. The topological polar surface area (TPSA) is 110 Å². The van der Waals surface area contributed by atoms with Crippen LogP contribution in [0.25, 0.3) is 0 Å². The Morgan fingerprint density at radius 1 is 1.33 bits per heavy atom. The summed E-state index contributed by atoms with van der Waals surface area (Å²) in [6.45, 7) is 5.53. The highest BCUT2D eigenvalue weighted by atomic mass is 19.4. The molecule has 0 aromatic carbocycles. The van der Waals surface area contributed by atoms with Crippen LogP contribution in [-0.4, -0.2) is 54.9 Å². The van der Waals surface area contributed by atoms with Crippen LogP contribution >= 0.6 is 0 Å². The van der Waals surface area contributed by atoms with Crippen molar-refractivity contribution >= 4 is 18.5 Å². The molecule has 1 aliphatic heterocycles. The van der Waals surface area contributed by atoms with E-state index in [9.17, 15) is 22.8 Å². The monoisotopic (exact) mass is 358 g/mol. The fraction of sp³-hybridized carbons (Fsp3) is 0.786. The Morgan fingerprint density at radius 3 is 2.00 bits per heavy atom. The van der Waals surface area contributed by atoms with Gasteiger partial charge in [0.05, 0.1) is 13.0 Å². The van der Waals surface area contributed by atoms with E-state index in [1.165, 1.54) is 12.0 Å². The quantitative estimate of drug-likeness (QED) is 0.699. The molecule has 10 heteroatoms. The zero-order chi connectivity index (χ0) is 19.6. The Kier molecular flexibility index (Phi) is 10.8. The van der Waals surface area contributed by atoms with Crippen LogP contribution in [0.4, 0.5) is 18.0 Å². The lowest BCUT2D eigenvalue weighted by atomic mass is 9.92. The van der Waals surface area contributed by atoms with Crippen molar-refractivity contribution in [2.45, 2.75) is 39.8 Å². The molecular formula is C14H25F3N2O5. The molecular weight excluding hydrogens is 333 g/mol. The summed E-state index contributed by atoms with van der Waals surface area (Å²) in [5.41, 5.74) is 4.26. The molecule has 24 heavy (non-hydrogen) atoms. The van der Waals surface area contributed by atoms with E-state index in [2.05, 4.69) is 10.5 Å². The summed E-state index contributed by atoms with van der Waals surface area (Å²) in [4.78, 5) is 30.8. The van der Waals surface area contributed by atoms with E-state index in [0.717, 1.165) is 0 Å². The first kappa shape index (κ1) is 24.3. The first-order valence-corrected chi connectivity index (χ1v) is 7.04. The number of alkyl halides is 3. The number of hydrogen-bond acceptors (Lipinski definition) is 4. The lowest BCUT2D eigenvalue weighted by Gasteiger charge is -2.23. The minimum Gasteiger partial charge on any atom is -0.483 e. The summed E-state index contributed by atoms with van der Waals surface area (Å²) in [5, 5.41) is 6.89. The van der Waals surface area contributed by atoms with Crippen molar-refractivity contribution in [3.05, 3.63) is 0 Å². The molecule has 1 saturated heterocycles. The molecule has 1 heterocycles. The third kappa shape index (κ3) is 12.5. The van der Waals surface area contributed by atoms with Gasteiger partial charge in [0.15, 0.2) is 0 Å². The molecule has 0 spiro atoms. The molecule has 3 N–H and O–H groups in total. The third-order valence-electron chi connectivity index (χ3n) is 2.89. The Balaban J connectivity index is 0. The molecule has 142 valence electrons. The average molecular weight is 358 g/mol. The number of hydrogen-bond donors (Lipinski definition) is 2. The van der Waals surface area contributed by atoms with Crippen LogP contribution in [0.2, 0.25) is 0 Å². The number of primary amides is 1. The van der Waals surface area contributed by atoms with E-state index < -0.39 is 18.2 Å². The van der Waals surface area contributed by atoms with Gasteiger partial charge >= 0.3 is 12.3 Å². The van der Waals surface area contributed by atoms with Gasteiger partial charge in [0, 0.05) is 19.5 Å². The number of carbonyl (C=O) groups is 3. The minimum absolute atomic E-state index is 0.0411. The van der Waals surface area contributed by atoms with Crippen molar-refractivity contribution in [2.24, 2.45) is 17.1 Å². The molecule has 0 aromatic heterocycles. The van der Waals surface area contributed by atoms with E-state index >= 15 is 0 Å². The van der Waals surface area contributed by atoms with Crippen molar-refractivity contribution in [3.8, 4) is 0 Å². The van der Waals surface area contributed by atoms with Gasteiger partial charge in [-0.3, -0.25) is 9.59 Å². The van der Waals surface area contributed by atoms with E-state index in [1.54, 1.807) is 0 Å². The highest BCUT2D eigenvalue weighted by molar-refractivity contribution is 5.77. The second-order valence-corrected chi connectivity index (χ2v) is 6.23. The van der Waals surface area contributed by atoms with E-state index in [1.807, 2.05) is 20.8 Å². The minimum atomic E-state index is -4.17. The van der Waals surface area contributed by atoms with Crippen LogP contribution in [0.1, 0.15) is 33.6 Å². The predicted octanol–water partition coefficient (Wildman–Crippen LogP) is 2.25. The van der Waals surface area contributed by atoms with Gasteiger partial charge in [-0.05, 0) is 11.8 Å². The number of amides is 2. The zero-order valence-electron chi connectivity index (χ0n) is 14.2. The summed E-state index contributed by atoms with van der Waals surface area (Å²) in [6.07, 6.45) is -4.57. The number of likely N-dealkylation sites (tertiary alicyclic amines) is 1. The molecule has 0 aliphatic carbocycles. The van der Waals surface area contributed by atoms with E-state index in [4.69, 9.17) is 9.90 Å². The van der Waals surface area contributed by atoms with Crippen molar-refractivity contribution in [3.63, 3.8) is 0 Å². The Bertz CT molecular complexity index is 408. The van der Waals surface area contributed by atoms with E-state index in [0.29, 0.717) is 6.42 Å². The summed E-state index contributed by atoms with van der Waals surface area (Å²) < 4.78 is 41.1. The fourth-order valence-electron chi connectivity index (χ4n) is 1.82. The highest BCUT2D eigenvalue weighted by Crippen LogP contribution is 2.34. The zero-order valence-corrected chi connectivity index (χ0v) is 14.2. The molecule has 2 amide bonds. The first-order chi connectivity index (χ1) is 10.8. The number of nitrogens with two attached hydrogens (primary N) is 1. The molecule has 1 rings (SSSR count).